The van der Waals surface area contributed by atoms with Gasteiger partial charge in [-0.1, -0.05) is 12.1 Å². The molecule has 0 aromatic carbocycles. The zero-order valence-corrected chi connectivity index (χ0v) is 11.8. The summed E-state index contributed by atoms with van der Waals surface area (Å²) in [7, 11) is 0. The summed E-state index contributed by atoms with van der Waals surface area (Å²) in [6.45, 7) is 4.75. The van der Waals surface area contributed by atoms with Gasteiger partial charge in [-0.2, -0.15) is 4.98 Å². The Hall–Kier alpha value is -2.71. The summed E-state index contributed by atoms with van der Waals surface area (Å²) in [5.74, 6) is 1.17. The highest BCUT2D eigenvalue weighted by molar-refractivity contribution is 5.57. The van der Waals surface area contributed by atoms with Crippen molar-refractivity contribution in [2.75, 3.05) is 17.2 Å². The topological polar surface area (TPSA) is 119 Å². The molecule has 0 spiro atoms. The molecular formula is C12H16N6O3. The molecule has 0 atom stereocenters. The van der Waals surface area contributed by atoms with E-state index in [1.54, 1.807) is 13.0 Å². The lowest BCUT2D eigenvalue weighted by molar-refractivity contribution is -0.384. The van der Waals surface area contributed by atoms with Gasteiger partial charge in [0, 0.05) is 12.6 Å². The Bertz CT molecular complexity index is 627. The van der Waals surface area contributed by atoms with Crippen LogP contribution in [0, 0.1) is 17.0 Å². The molecule has 21 heavy (non-hydrogen) atoms. The SMILES string of the molecule is CCCNc1ncc([N+](=O)[O-])c(NCc2cc(C)on2)n1. The fourth-order valence-electron chi connectivity index (χ4n) is 1.64. The Kier molecular flexibility index (Phi) is 4.64. The van der Waals surface area contributed by atoms with E-state index in [0.29, 0.717) is 23.9 Å². The summed E-state index contributed by atoms with van der Waals surface area (Å²) < 4.78 is 4.94. The number of nitro groups is 1. The van der Waals surface area contributed by atoms with Gasteiger partial charge in [0.25, 0.3) is 0 Å². The summed E-state index contributed by atoms with van der Waals surface area (Å²) in [5, 5.41) is 20.7. The molecule has 9 nitrogen and oxygen atoms in total. The summed E-state index contributed by atoms with van der Waals surface area (Å²) in [6, 6.07) is 1.75. The third kappa shape index (κ3) is 3.88. The van der Waals surface area contributed by atoms with E-state index in [0.717, 1.165) is 6.42 Å². The third-order valence-corrected chi connectivity index (χ3v) is 2.61. The van der Waals surface area contributed by atoms with E-state index < -0.39 is 4.92 Å². The molecule has 0 amide bonds. The Labute approximate surface area is 120 Å². The lowest BCUT2D eigenvalue weighted by Gasteiger charge is -2.07. The predicted molar refractivity (Wildman–Crippen MR) is 76.0 cm³/mol. The smallest absolute Gasteiger partial charge is 0.329 e. The van der Waals surface area contributed by atoms with Gasteiger partial charge in [-0.05, 0) is 13.3 Å². The van der Waals surface area contributed by atoms with Gasteiger partial charge in [-0.3, -0.25) is 10.1 Å². The number of nitrogens with zero attached hydrogens (tertiary/aromatic N) is 4. The van der Waals surface area contributed by atoms with Gasteiger partial charge in [-0.25, -0.2) is 4.98 Å². The van der Waals surface area contributed by atoms with Crippen LogP contribution in [0.2, 0.25) is 0 Å². The number of nitrogens with one attached hydrogen (secondary N) is 2. The molecule has 0 fully saturated rings. The maximum atomic E-state index is 11.0. The molecule has 2 rings (SSSR count). The van der Waals surface area contributed by atoms with Crippen molar-refractivity contribution in [2.24, 2.45) is 0 Å². The van der Waals surface area contributed by atoms with Crippen molar-refractivity contribution in [3.63, 3.8) is 0 Å². The predicted octanol–water partition coefficient (Wildman–Crippen LogP) is 2.12. The molecular weight excluding hydrogens is 276 g/mol. The quantitative estimate of drug-likeness (QED) is 0.588. The molecule has 2 aromatic heterocycles. The van der Waals surface area contributed by atoms with Gasteiger partial charge in [0.1, 0.15) is 17.7 Å². The molecule has 0 aliphatic rings. The van der Waals surface area contributed by atoms with Gasteiger partial charge in [0.05, 0.1) is 11.5 Å². The van der Waals surface area contributed by atoms with Gasteiger partial charge in [0.2, 0.25) is 11.8 Å². The van der Waals surface area contributed by atoms with Crippen molar-refractivity contribution in [3.05, 3.63) is 33.8 Å². The molecule has 0 bridgehead atoms. The molecule has 0 saturated heterocycles. The van der Waals surface area contributed by atoms with Crippen LogP contribution in [0.3, 0.4) is 0 Å². The minimum Gasteiger partial charge on any atom is -0.361 e. The molecule has 9 heteroatoms. The maximum absolute atomic E-state index is 11.0. The van der Waals surface area contributed by atoms with Crippen molar-refractivity contribution < 1.29 is 9.45 Å². The van der Waals surface area contributed by atoms with Crippen molar-refractivity contribution in [3.8, 4) is 0 Å². The van der Waals surface area contributed by atoms with Crippen LogP contribution in [-0.4, -0.2) is 26.6 Å². The van der Waals surface area contributed by atoms with Crippen LogP contribution in [0.5, 0.6) is 0 Å². The van der Waals surface area contributed by atoms with Gasteiger partial charge >= 0.3 is 5.69 Å². The lowest BCUT2D eigenvalue weighted by Crippen LogP contribution is -2.09. The normalized spacial score (nSPS) is 10.4. The van der Waals surface area contributed by atoms with Crippen molar-refractivity contribution in [1.82, 2.24) is 15.1 Å². The maximum Gasteiger partial charge on any atom is 0.329 e. The molecule has 112 valence electrons. The molecule has 0 radical (unpaired) electrons. The fourth-order valence-corrected chi connectivity index (χ4v) is 1.64. The van der Waals surface area contributed by atoms with Crippen LogP contribution < -0.4 is 10.6 Å². The van der Waals surface area contributed by atoms with E-state index in [9.17, 15) is 10.1 Å². The number of rotatable bonds is 7. The number of hydrogen-bond donors (Lipinski definition) is 2. The van der Waals surface area contributed by atoms with Crippen LogP contribution >= 0.6 is 0 Å². The summed E-state index contributed by atoms with van der Waals surface area (Å²) in [5.41, 5.74) is 0.459. The van der Waals surface area contributed by atoms with E-state index in [1.165, 1.54) is 6.20 Å². The van der Waals surface area contributed by atoms with Gasteiger partial charge in [-0.15, -0.1) is 0 Å². The first-order valence-electron chi connectivity index (χ1n) is 6.51. The summed E-state index contributed by atoms with van der Waals surface area (Å²) in [4.78, 5) is 18.5. The van der Waals surface area contributed by atoms with E-state index >= 15 is 0 Å². The van der Waals surface area contributed by atoms with E-state index in [4.69, 9.17) is 4.52 Å². The standard InChI is InChI=1S/C12H16N6O3/c1-3-4-13-12-15-7-10(18(19)20)11(16-12)14-6-9-5-8(2)21-17-9/h5,7H,3-4,6H2,1-2H3,(H2,13,14,15,16). The Morgan fingerprint density at radius 2 is 2.24 bits per heavy atom. The van der Waals surface area contributed by atoms with Crippen molar-refractivity contribution in [1.29, 1.82) is 0 Å². The van der Waals surface area contributed by atoms with Crippen LogP contribution in [0.1, 0.15) is 24.8 Å². The highest BCUT2D eigenvalue weighted by atomic mass is 16.6. The minimum absolute atomic E-state index is 0.147. The summed E-state index contributed by atoms with van der Waals surface area (Å²) >= 11 is 0. The zero-order valence-electron chi connectivity index (χ0n) is 11.8. The first-order valence-corrected chi connectivity index (χ1v) is 6.51. The Morgan fingerprint density at radius 1 is 1.43 bits per heavy atom. The van der Waals surface area contributed by atoms with Gasteiger partial charge in [0.15, 0.2) is 0 Å². The molecule has 2 aromatic rings. The second-order valence-electron chi connectivity index (χ2n) is 4.39. The molecule has 0 aliphatic heterocycles. The lowest BCUT2D eigenvalue weighted by atomic mass is 10.3. The van der Waals surface area contributed by atoms with Crippen LogP contribution in [0.4, 0.5) is 17.5 Å². The molecule has 0 saturated carbocycles. The Morgan fingerprint density at radius 3 is 2.86 bits per heavy atom. The summed E-state index contributed by atoms with van der Waals surface area (Å²) in [6.07, 6.45) is 2.09. The highest BCUT2D eigenvalue weighted by Gasteiger charge is 2.17. The average Bonchev–Trinajstić information content (AvgIpc) is 2.88. The van der Waals surface area contributed by atoms with Crippen molar-refractivity contribution >= 4 is 17.5 Å². The highest BCUT2D eigenvalue weighted by Crippen LogP contribution is 2.22. The average molecular weight is 292 g/mol. The van der Waals surface area contributed by atoms with Crippen LogP contribution in [0.15, 0.2) is 16.8 Å². The second-order valence-corrected chi connectivity index (χ2v) is 4.39. The Balaban J connectivity index is 2.15. The van der Waals surface area contributed by atoms with Crippen LogP contribution in [0.25, 0.3) is 0 Å². The first-order chi connectivity index (χ1) is 10.1. The van der Waals surface area contributed by atoms with E-state index in [-0.39, 0.29) is 18.1 Å². The number of hydrogen-bond acceptors (Lipinski definition) is 8. The van der Waals surface area contributed by atoms with Crippen LogP contribution in [-0.2, 0) is 6.54 Å². The molecule has 0 unspecified atom stereocenters. The molecule has 0 aliphatic carbocycles. The van der Waals surface area contributed by atoms with E-state index in [2.05, 4.69) is 25.8 Å². The monoisotopic (exact) mass is 292 g/mol. The number of aromatic nitrogens is 3. The van der Waals surface area contributed by atoms with Gasteiger partial charge < -0.3 is 15.2 Å². The minimum atomic E-state index is -0.528. The molecule has 2 N–H and O–H groups in total. The largest absolute Gasteiger partial charge is 0.361 e. The molecule has 2 heterocycles. The number of anilines is 2. The number of aryl methyl sites for hydroxylation is 1. The fraction of sp³-hybridized carbons (Fsp3) is 0.417. The van der Waals surface area contributed by atoms with E-state index in [1.807, 2.05) is 6.92 Å². The third-order valence-electron chi connectivity index (χ3n) is 2.61. The first kappa shape index (κ1) is 14.7. The van der Waals surface area contributed by atoms with Crippen molar-refractivity contribution in [2.45, 2.75) is 26.8 Å². The zero-order chi connectivity index (χ0) is 15.2. The second kappa shape index (κ2) is 6.64.